The van der Waals surface area contributed by atoms with E-state index in [9.17, 15) is 18.0 Å². The van der Waals surface area contributed by atoms with E-state index in [0.717, 1.165) is 10.6 Å². The second-order valence-corrected chi connectivity index (χ2v) is 10.7. The van der Waals surface area contributed by atoms with Crippen LogP contribution in [-0.2, 0) is 26.2 Å². The van der Waals surface area contributed by atoms with Crippen molar-refractivity contribution in [3.05, 3.63) is 52.0 Å². The van der Waals surface area contributed by atoms with Crippen LogP contribution >= 0.6 is 23.2 Å². The molecular weight excluding hydrogens is 517 g/mol. The predicted molar refractivity (Wildman–Crippen MR) is 135 cm³/mol. The van der Waals surface area contributed by atoms with E-state index in [-0.39, 0.29) is 24.9 Å². The molecule has 0 spiro atoms. The minimum Gasteiger partial charge on any atom is -0.454 e. The minimum atomic E-state index is -3.88. The fourth-order valence-electron chi connectivity index (χ4n) is 3.49. The van der Waals surface area contributed by atoms with Gasteiger partial charge in [-0.1, -0.05) is 36.2 Å². The van der Waals surface area contributed by atoms with Gasteiger partial charge in [-0.15, -0.1) is 0 Å². The van der Waals surface area contributed by atoms with Crippen molar-refractivity contribution < 1.29 is 27.5 Å². The van der Waals surface area contributed by atoms with Gasteiger partial charge in [0.1, 0.15) is 12.6 Å². The lowest BCUT2D eigenvalue weighted by Crippen LogP contribution is -2.51. The summed E-state index contributed by atoms with van der Waals surface area (Å²) in [5, 5.41) is 3.42. The summed E-state index contributed by atoms with van der Waals surface area (Å²) < 4.78 is 36.9. The Kier molecular flexibility index (Phi) is 8.74. The molecule has 1 aliphatic rings. The van der Waals surface area contributed by atoms with Crippen molar-refractivity contribution in [3.8, 4) is 11.5 Å². The molecular formula is C23H27Cl2N3O6S. The quantitative estimate of drug-likeness (QED) is 0.492. The van der Waals surface area contributed by atoms with Gasteiger partial charge in [0.15, 0.2) is 11.5 Å². The highest BCUT2D eigenvalue weighted by Gasteiger charge is 2.31. The lowest BCUT2D eigenvalue weighted by molar-refractivity contribution is -0.139. The SMILES string of the molecule is CCCNC(=O)[C@@H](C)N(Cc1c(Cl)cccc1Cl)C(=O)CN(c1ccc2c(c1)OCO2)S(C)(=O)=O. The number of anilines is 1. The van der Waals surface area contributed by atoms with Crippen LogP contribution < -0.4 is 19.1 Å². The van der Waals surface area contributed by atoms with Gasteiger partial charge in [-0.25, -0.2) is 8.42 Å². The molecule has 9 nitrogen and oxygen atoms in total. The molecule has 35 heavy (non-hydrogen) atoms. The van der Waals surface area contributed by atoms with Crippen molar-refractivity contribution >= 4 is 50.7 Å². The van der Waals surface area contributed by atoms with Crippen molar-refractivity contribution in [1.82, 2.24) is 10.2 Å². The van der Waals surface area contributed by atoms with Gasteiger partial charge in [-0.3, -0.25) is 13.9 Å². The Balaban J connectivity index is 1.94. The van der Waals surface area contributed by atoms with Crippen LogP contribution in [0, 0.1) is 0 Å². The molecule has 0 aliphatic carbocycles. The van der Waals surface area contributed by atoms with Gasteiger partial charge < -0.3 is 19.7 Å². The predicted octanol–water partition coefficient (Wildman–Crippen LogP) is 3.43. The summed E-state index contributed by atoms with van der Waals surface area (Å²) in [4.78, 5) is 27.6. The summed E-state index contributed by atoms with van der Waals surface area (Å²) in [5.74, 6) is -0.138. The number of hydrogen-bond acceptors (Lipinski definition) is 6. The number of carbonyl (C=O) groups is 2. The van der Waals surface area contributed by atoms with Gasteiger partial charge in [-0.2, -0.15) is 0 Å². The summed E-state index contributed by atoms with van der Waals surface area (Å²) in [6.45, 7) is 3.30. The van der Waals surface area contributed by atoms with Crippen molar-refractivity contribution in [3.63, 3.8) is 0 Å². The van der Waals surface area contributed by atoms with Gasteiger partial charge in [0.2, 0.25) is 28.6 Å². The number of fused-ring (bicyclic) bond motifs is 1. The zero-order chi connectivity index (χ0) is 25.8. The highest BCUT2D eigenvalue weighted by atomic mass is 35.5. The molecule has 0 bridgehead atoms. The second kappa shape index (κ2) is 11.4. The van der Waals surface area contributed by atoms with Crippen molar-refractivity contribution in [2.45, 2.75) is 32.9 Å². The summed E-state index contributed by atoms with van der Waals surface area (Å²) in [5.41, 5.74) is 0.678. The molecule has 3 rings (SSSR count). The molecule has 1 aliphatic heterocycles. The molecule has 1 N–H and O–H groups in total. The summed E-state index contributed by atoms with van der Waals surface area (Å²) in [6.07, 6.45) is 1.71. The van der Waals surface area contributed by atoms with E-state index in [2.05, 4.69) is 5.32 Å². The summed E-state index contributed by atoms with van der Waals surface area (Å²) in [6, 6.07) is 8.59. The number of nitrogens with zero attached hydrogens (tertiary/aromatic N) is 2. The molecule has 2 amide bonds. The smallest absolute Gasteiger partial charge is 0.244 e. The Morgan fingerprint density at radius 1 is 1.11 bits per heavy atom. The van der Waals surface area contributed by atoms with Crippen LogP contribution in [-0.4, -0.2) is 57.3 Å². The molecule has 0 radical (unpaired) electrons. The monoisotopic (exact) mass is 543 g/mol. The third-order valence-electron chi connectivity index (χ3n) is 5.43. The van der Waals surface area contributed by atoms with Crippen molar-refractivity contribution in [2.75, 3.05) is 30.4 Å². The largest absolute Gasteiger partial charge is 0.454 e. The molecule has 2 aromatic rings. The Hall–Kier alpha value is -2.69. The number of benzene rings is 2. The molecule has 2 aromatic carbocycles. The normalized spacial score (nSPS) is 13.3. The average Bonchev–Trinajstić information content (AvgIpc) is 3.27. The Morgan fingerprint density at radius 3 is 2.40 bits per heavy atom. The molecule has 190 valence electrons. The fraction of sp³-hybridized carbons (Fsp3) is 0.391. The van der Waals surface area contributed by atoms with Gasteiger partial charge >= 0.3 is 0 Å². The van der Waals surface area contributed by atoms with E-state index in [1.807, 2.05) is 6.92 Å². The second-order valence-electron chi connectivity index (χ2n) is 8.00. The van der Waals surface area contributed by atoms with Crippen LogP contribution in [0.4, 0.5) is 5.69 Å². The van der Waals surface area contributed by atoms with Crippen LogP contribution in [0.15, 0.2) is 36.4 Å². The first-order valence-electron chi connectivity index (χ1n) is 10.9. The first kappa shape index (κ1) is 26.9. The van der Waals surface area contributed by atoms with Gasteiger partial charge in [-0.05, 0) is 37.6 Å². The number of sulfonamides is 1. The van der Waals surface area contributed by atoms with Gasteiger partial charge in [0.25, 0.3) is 0 Å². The number of ether oxygens (including phenoxy) is 2. The van der Waals surface area contributed by atoms with Crippen LogP contribution in [0.5, 0.6) is 11.5 Å². The minimum absolute atomic E-state index is 0.0212. The lowest BCUT2D eigenvalue weighted by Gasteiger charge is -2.32. The number of amides is 2. The van der Waals surface area contributed by atoms with Crippen LogP contribution in [0.3, 0.4) is 0 Å². The van der Waals surface area contributed by atoms with E-state index in [0.29, 0.717) is 40.1 Å². The molecule has 0 saturated heterocycles. The third kappa shape index (κ3) is 6.50. The highest BCUT2D eigenvalue weighted by Crippen LogP contribution is 2.36. The Morgan fingerprint density at radius 2 is 1.77 bits per heavy atom. The van der Waals surface area contributed by atoms with Crippen molar-refractivity contribution in [2.24, 2.45) is 0 Å². The number of nitrogens with one attached hydrogen (secondary N) is 1. The maximum absolute atomic E-state index is 13.6. The van der Waals surface area contributed by atoms with Gasteiger partial charge in [0, 0.05) is 34.8 Å². The highest BCUT2D eigenvalue weighted by molar-refractivity contribution is 7.92. The topological polar surface area (TPSA) is 105 Å². The van der Waals surface area contributed by atoms with Gasteiger partial charge in [0.05, 0.1) is 11.9 Å². The molecule has 0 saturated carbocycles. The van der Waals surface area contributed by atoms with E-state index in [1.54, 1.807) is 31.2 Å². The average molecular weight is 544 g/mol. The number of carbonyl (C=O) groups excluding carboxylic acids is 2. The molecule has 1 atom stereocenters. The maximum atomic E-state index is 13.6. The Labute approximate surface area is 214 Å². The number of rotatable bonds is 10. The summed E-state index contributed by atoms with van der Waals surface area (Å²) in [7, 11) is -3.88. The molecule has 0 aromatic heterocycles. The Bertz CT molecular complexity index is 1190. The third-order valence-corrected chi connectivity index (χ3v) is 7.28. The zero-order valence-corrected chi connectivity index (χ0v) is 21.9. The van der Waals surface area contributed by atoms with Crippen LogP contribution in [0.25, 0.3) is 0 Å². The standard InChI is InChI=1S/C23H27Cl2N3O6S/c1-4-10-26-23(30)15(2)27(12-17-18(24)6-5-7-19(17)25)22(29)13-28(35(3,31)32)16-8-9-20-21(11-16)34-14-33-20/h5-9,11,15H,4,10,12-14H2,1-3H3,(H,26,30)/t15-/m1/s1. The van der Waals surface area contributed by atoms with Crippen molar-refractivity contribution in [1.29, 1.82) is 0 Å². The number of halogens is 2. The molecule has 12 heteroatoms. The van der Waals surface area contributed by atoms with E-state index < -0.39 is 28.5 Å². The maximum Gasteiger partial charge on any atom is 0.244 e. The van der Waals surface area contributed by atoms with E-state index >= 15 is 0 Å². The summed E-state index contributed by atoms with van der Waals surface area (Å²) >= 11 is 12.6. The zero-order valence-electron chi connectivity index (χ0n) is 19.6. The van der Waals surface area contributed by atoms with Crippen LogP contribution in [0.2, 0.25) is 10.0 Å². The first-order chi connectivity index (χ1) is 16.5. The molecule has 1 heterocycles. The van der Waals surface area contributed by atoms with Crippen LogP contribution in [0.1, 0.15) is 25.8 Å². The van der Waals surface area contributed by atoms with E-state index in [4.69, 9.17) is 32.7 Å². The fourth-order valence-corrected chi connectivity index (χ4v) is 4.84. The molecule has 0 unspecified atom stereocenters. The van der Waals surface area contributed by atoms with E-state index in [1.165, 1.54) is 17.0 Å². The number of hydrogen-bond donors (Lipinski definition) is 1. The first-order valence-corrected chi connectivity index (χ1v) is 13.5. The lowest BCUT2D eigenvalue weighted by atomic mass is 10.1. The molecule has 0 fully saturated rings.